The molecule has 0 heterocycles. The Kier molecular flexibility index (Phi) is 7.26. The molecular formula is C25H22O4. The molecule has 0 aliphatic rings. The van der Waals surface area contributed by atoms with Crippen molar-refractivity contribution in [2.45, 2.75) is 6.92 Å². The smallest absolute Gasteiger partial charge is 0.335 e. The van der Waals surface area contributed by atoms with Gasteiger partial charge >= 0.3 is 11.9 Å². The first kappa shape index (κ1) is 21.4. The van der Waals surface area contributed by atoms with Gasteiger partial charge in [-0.1, -0.05) is 62.7 Å². The summed E-state index contributed by atoms with van der Waals surface area (Å²) in [6.07, 6.45) is 5.52. The Bertz CT molecular complexity index is 1010. The van der Waals surface area contributed by atoms with Crippen LogP contribution in [0.2, 0.25) is 0 Å². The van der Waals surface area contributed by atoms with Crippen molar-refractivity contribution in [3.05, 3.63) is 110 Å². The molecular weight excluding hydrogens is 364 g/mol. The van der Waals surface area contributed by atoms with E-state index in [0.717, 1.165) is 40.0 Å². The largest absolute Gasteiger partial charge is 0.424 e. The van der Waals surface area contributed by atoms with Crippen LogP contribution < -0.4 is 4.74 Å². The van der Waals surface area contributed by atoms with E-state index in [2.05, 4.69) is 26.3 Å². The average Bonchev–Trinajstić information content (AvgIpc) is 2.72. The minimum absolute atomic E-state index is 0.211. The van der Waals surface area contributed by atoms with Crippen LogP contribution in [0.25, 0.3) is 16.7 Å². The molecule has 0 spiro atoms. The molecule has 29 heavy (non-hydrogen) atoms. The van der Waals surface area contributed by atoms with E-state index in [9.17, 15) is 9.59 Å². The Morgan fingerprint density at radius 2 is 1.48 bits per heavy atom. The van der Waals surface area contributed by atoms with Gasteiger partial charge in [-0.15, -0.1) is 0 Å². The Labute approximate surface area is 170 Å². The zero-order chi connectivity index (χ0) is 21.4. The van der Waals surface area contributed by atoms with E-state index in [1.807, 2.05) is 37.3 Å². The number of ether oxygens (including phenoxy) is 2. The highest BCUT2D eigenvalue weighted by Crippen LogP contribution is 2.27. The number of allylic oxidation sites excluding steroid dienone is 3. The first-order valence-corrected chi connectivity index (χ1v) is 8.80. The molecule has 2 aromatic rings. The predicted molar refractivity (Wildman–Crippen MR) is 116 cm³/mol. The molecule has 0 fully saturated rings. The molecule has 146 valence electrons. The fourth-order valence-corrected chi connectivity index (χ4v) is 2.56. The van der Waals surface area contributed by atoms with Crippen LogP contribution >= 0.6 is 0 Å². The topological polar surface area (TPSA) is 52.6 Å². The van der Waals surface area contributed by atoms with E-state index in [4.69, 9.17) is 9.47 Å². The fourth-order valence-electron chi connectivity index (χ4n) is 2.56. The van der Waals surface area contributed by atoms with Crippen LogP contribution in [0.4, 0.5) is 0 Å². The lowest BCUT2D eigenvalue weighted by atomic mass is 9.96. The Morgan fingerprint density at radius 1 is 0.862 bits per heavy atom. The van der Waals surface area contributed by atoms with Crippen molar-refractivity contribution in [1.29, 1.82) is 0 Å². The molecule has 0 saturated carbocycles. The molecule has 0 amide bonds. The second kappa shape index (κ2) is 9.85. The third kappa shape index (κ3) is 6.04. The molecule has 4 nitrogen and oxygen atoms in total. The maximum atomic E-state index is 11.3. The van der Waals surface area contributed by atoms with E-state index in [-0.39, 0.29) is 5.76 Å². The quantitative estimate of drug-likeness (QED) is 0.196. The van der Waals surface area contributed by atoms with Crippen LogP contribution in [0.5, 0.6) is 5.75 Å². The lowest BCUT2D eigenvalue weighted by Crippen LogP contribution is -2.02. The van der Waals surface area contributed by atoms with Crippen molar-refractivity contribution < 1.29 is 19.1 Å². The van der Waals surface area contributed by atoms with Crippen molar-refractivity contribution in [2.24, 2.45) is 0 Å². The van der Waals surface area contributed by atoms with Crippen molar-refractivity contribution in [3.8, 4) is 16.9 Å². The molecule has 0 aromatic heterocycles. The van der Waals surface area contributed by atoms with Gasteiger partial charge < -0.3 is 9.47 Å². The summed E-state index contributed by atoms with van der Waals surface area (Å²) in [6.45, 7) is 16.4. The SMILES string of the molecule is C=CC(=O)OC(=C)/C=C\C(=C)c1ccc(-c2ccc(OC(=O)C=C)cc2)cc1C. The van der Waals surface area contributed by atoms with Crippen molar-refractivity contribution >= 4 is 17.5 Å². The van der Waals surface area contributed by atoms with E-state index < -0.39 is 11.9 Å². The summed E-state index contributed by atoms with van der Waals surface area (Å²) >= 11 is 0. The first-order valence-electron chi connectivity index (χ1n) is 8.80. The van der Waals surface area contributed by atoms with Crippen LogP contribution in [-0.4, -0.2) is 11.9 Å². The minimum atomic E-state index is -0.559. The lowest BCUT2D eigenvalue weighted by Gasteiger charge is -2.10. The molecule has 0 aliphatic heterocycles. The van der Waals surface area contributed by atoms with E-state index in [0.29, 0.717) is 5.75 Å². The minimum Gasteiger partial charge on any atom is -0.424 e. The highest BCUT2D eigenvalue weighted by atomic mass is 16.5. The number of carbonyl (C=O) groups excluding carboxylic acids is 2. The molecule has 0 bridgehead atoms. The van der Waals surface area contributed by atoms with E-state index >= 15 is 0 Å². The monoisotopic (exact) mass is 386 g/mol. The molecule has 0 aliphatic carbocycles. The lowest BCUT2D eigenvalue weighted by molar-refractivity contribution is -0.133. The maximum Gasteiger partial charge on any atom is 0.335 e. The maximum absolute atomic E-state index is 11.3. The Morgan fingerprint density at radius 3 is 2.07 bits per heavy atom. The summed E-state index contributed by atoms with van der Waals surface area (Å²) in [5.41, 5.74) is 4.77. The number of rotatable bonds is 8. The van der Waals surface area contributed by atoms with Gasteiger partial charge in [0.25, 0.3) is 0 Å². The third-order valence-corrected chi connectivity index (χ3v) is 4.01. The van der Waals surface area contributed by atoms with Crippen molar-refractivity contribution in [1.82, 2.24) is 0 Å². The van der Waals surface area contributed by atoms with Crippen molar-refractivity contribution in [2.75, 3.05) is 0 Å². The van der Waals surface area contributed by atoms with Crippen LogP contribution in [-0.2, 0) is 14.3 Å². The summed E-state index contributed by atoms with van der Waals surface area (Å²) < 4.78 is 10.0. The van der Waals surface area contributed by atoms with Gasteiger partial charge in [-0.05, 0) is 53.0 Å². The summed E-state index contributed by atoms with van der Waals surface area (Å²) in [7, 11) is 0. The van der Waals surface area contributed by atoms with Gasteiger partial charge in [0.2, 0.25) is 0 Å². The molecule has 0 unspecified atom stereocenters. The zero-order valence-electron chi connectivity index (χ0n) is 16.3. The zero-order valence-corrected chi connectivity index (χ0v) is 16.3. The van der Waals surface area contributed by atoms with Crippen LogP contribution in [0, 0.1) is 6.92 Å². The van der Waals surface area contributed by atoms with Gasteiger partial charge in [-0.3, -0.25) is 0 Å². The highest BCUT2D eigenvalue weighted by Gasteiger charge is 2.06. The fraction of sp³-hybridized carbons (Fsp3) is 0.0400. The average molecular weight is 386 g/mol. The molecule has 2 rings (SSSR count). The number of esters is 2. The molecule has 4 heteroatoms. The number of carbonyl (C=O) groups is 2. The molecule has 2 aromatic carbocycles. The Hall–Kier alpha value is -3.92. The van der Waals surface area contributed by atoms with Crippen LogP contribution in [0.3, 0.4) is 0 Å². The third-order valence-electron chi connectivity index (χ3n) is 4.01. The molecule has 0 N–H and O–H groups in total. The standard InChI is InChI=1S/C25H22O4/c1-6-24(26)28-19(5)9-8-17(3)23-15-12-21(16-18(23)4)20-10-13-22(14-11-20)29-25(27)7-2/h6-16H,1-3,5H2,4H3/b9-8-. The van der Waals surface area contributed by atoms with Crippen LogP contribution in [0.1, 0.15) is 11.1 Å². The summed E-state index contributed by atoms with van der Waals surface area (Å²) in [5.74, 6) is -0.381. The van der Waals surface area contributed by atoms with Gasteiger partial charge in [0.15, 0.2) is 0 Å². The second-order valence-corrected chi connectivity index (χ2v) is 6.13. The predicted octanol–water partition coefficient (Wildman–Crippen LogP) is 5.57. The van der Waals surface area contributed by atoms with Gasteiger partial charge in [0.05, 0.1) is 0 Å². The van der Waals surface area contributed by atoms with Gasteiger partial charge in [0, 0.05) is 12.2 Å². The number of hydrogen-bond acceptors (Lipinski definition) is 4. The molecule has 0 saturated heterocycles. The number of aryl methyl sites for hydroxylation is 1. The summed E-state index contributed by atoms with van der Waals surface area (Å²) in [4.78, 5) is 22.4. The second-order valence-electron chi connectivity index (χ2n) is 6.13. The highest BCUT2D eigenvalue weighted by molar-refractivity contribution is 5.84. The van der Waals surface area contributed by atoms with Gasteiger partial charge in [-0.25, -0.2) is 9.59 Å². The van der Waals surface area contributed by atoms with Crippen molar-refractivity contribution in [3.63, 3.8) is 0 Å². The number of benzene rings is 2. The van der Waals surface area contributed by atoms with E-state index in [1.54, 1.807) is 24.3 Å². The first-order chi connectivity index (χ1) is 13.8. The molecule has 0 atom stereocenters. The summed E-state index contributed by atoms with van der Waals surface area (Å²) in [5, 5.41) is 0. The summed E-state index contributed by atoms with van der Waals surface area (Å²) in [6, 6.07) is 13.2. The van der Waals surface area contributed by atoms with Gasteiger partial charge in [-0.2, -0.15) is 0 Å². The molecule has 0 radical (unpaired) electrons. The van der Waals surface area contributed by atoms with E-state index in [1.165, 1.54) is 0 Å². The number of hydrogen-bond donors (Lipinski definition) is 0. The Balaban J connectivity index is 2.13. The van der Waals surface area contributed by atoms with Gasteiger partial charge in [0.1, 0.15) is 11.5 Å². The normalized spacial score (nSPS) is 10.2. The van der Waals surface area contributed by atoms with Crippen LogP contribution in [0.15, 0.2) is 98.8 Å².